The quantitative estimate of drug-likeness (QED) is 0.0908. The SMILES string of the molecule is C[Si](C)(C)c1cc2ccccc2c2c1CN(/N=C/c1ccccc1P(c1ccccc1)c1ccccc1)Cc1c([Si](C)(C)C)cc3ccccc3c1-2. The summed E-state index contributed by atoms with van der Waals surface area (Å²) >= 11 is 0. The number of hydrogen-bond donors (Lipinski definition) is 0. The highest BCUT2D eigenvalue weighted by Crippen LogP contribution is 2.42. The highest BCUT2D eigenvalue weighted by molar-refractivity contribution is 7.80. The average Bonchev–Trinajstić information content (AvgIpc) is 3.31. The third-order valence-corrected chi connectivity index (χ3v) is 17.1. The van der Waals surface area contributed by atoms with Crippen LogP contribution < -0.4 is 26.3 Å². The number of benzene rings is 7. The molecule has 1 heterocycles. The molecule has 7 aromatic carbocycles. The molecule has 0 spiro atoms. The molecule has 0 aromatic heterocycles. The number of nitrogens with zero attached hydrogens (tertiary/aromatic N) is 2. The van der Waals surface area contributed by atoms with Crippen molar-refractivity contribution in [1.29, 1.82) is 0 Å². The van der Waals surface area contributed by atoms with Gasteiger partial charge in [-0.15, -0.1) is 0 Å². The predicted molar refractivity (Wildman–Crippen MR) is 235 cm³/mol. The van der Waals surface area contributed by atoms with E-state index in [-0.39, 0.29) is 0 Å². The van der Waals surface area contributed by atoms with Crippen molar-refractivity contribution >= 4 is 78.1 Å². The van der Waals surface area contributed by atoms with E-state index in [1.165, 1.54) is 75.6 Å². The standard InChI is InChI=1S/C47H47N2PSi2/c1-51(2,3)44-29-34-19-13-16-26-39(34)46-41(44)32-49(33-42-45(52(4,5)6)30-35-20-14-17-27-40(35)47(42)46)48-31-36-21-15-18-28-43(36)50(37-22-9-7-10-23-37)38-24-11-8-12-25-38/h7-31H,32-33H2,1-6H3/b48-31+. The number of fused-ring (bicyclic) bond motifs is 7. The monoisotopic (exact) mass is 726 g/mol. The Balaban J connectivity index is 1.36. The number of hydrogen-bond acceptors (Lipinski definition) is 2. The van der Waals surface area contributed by atoms with E-state index < -0.39 is 24.1 Å². The average molecular weight is 727 g/mol. The lowest BCUT2D eigenvalue weighted by Crippen LogP contribution is -2.41. The minimum Gasteiger partial charge on any atom is -0.288 e. The third kappa shape index (κ3) is 6.49. The molecule has 2 nitrogen and oxygen atoms in total. The van der Waals surface area contributed by atoms with E-state index in [9.17, 15) is 0 Å². The molecule has 0 radical (unpaired) electrons. The second-order valence-corrected chi connectivity index (χ2v) is 28.4. The first kappa shape index (κ1) is 34.5. The Kier molecular flexibility index (Phi) is 9.11. The third-order valence-electron chi connectivity index (χ3n) is 10.4. The number of rotatable bonds is 7. The van der Waals surface area contributed by atoms with E-state index in [2.05, 4.69) is 196 Å². The summed E-state index contributed by atoms with van der Waals surface area (Å²) < 4.78 is 0. The predicted octanol–water partition coefficient (Wildman–Crippen LogP) is 9.86. The summed E-state index contributed by atoms with van der Waals surface area (Å²) in [5, 5.41) is 20.4. The van der Waals surface area contributed by atoms with Crippen LogP contribution in [0.25, 0.3) is 32.7 Å². The molecule has 258 valence electrons. The zero-order valence-electron chi connectivity index (χ0n) is 31.2. The maximum Gasteiger partial charge on any atom is 0.0781 e. The van der Waals surface area contributed by atoms with Gasteiger partial charge in [0.05, 0.1) is 35.5 Å². The fraction of sp³-hybridized carbons (Fsp3) is 0.170. The molecule has 1 aliphatic heterocycles. The van der Waals surface area contributed by atoms with Crippen molar-refractivity contribution < 1.29 is 0 Å². The summed E-state index contributed by atoms with van der Waals surface area (Å²) in [6, 6.07) is 54.1. The molecule has 52 heavy (non-hydrogen) atoms. The van der Waals surface area contributed by atoms with Crippen LogP contribution in [-0.4, -0.2) is 27.4 Å². The van der Waals surface area contributed by atoms with Gasteiger partial charge in [-0.25, -0.2) is 0 Å². The summed E-state index contributed by atoms with van der Waals surface area (Å²) in [5.41, 5.74) is 6.94. The Bertz CT molecular complexity index is 2300. The van der Waals surface area contributed by atoms with Crippen LogP contribution in [0.1, 0.15) is 16.7 Å². The van der Waals surface area contributed by atoms with Crippen molar-refractivity contribution in [3.63, 3.8) is 0 Å². The minimum absolute atomic E-state index is 0.765. The van der Waals surface area contributed by atoms with Gasteiger partial charge < -0.3 is 0 Å². The lowest BCUT2D eigenvalue weighted by molar-refractivity contribution is 0.277. The van der Waals surface area contributed by atoms with Gasteiger partial charge in [0, 0.05) is 5.56 Å². The molecule has 0 unspecified atom stereocenters. The molecule has 0 bridgehead atoms. The highest BCUT2D eigenvalue weighted by Gasteiger charge is 2.33. The topological polar surface area (TPSA) is 15.6 Å². The van der Waals surface area contributed by atoms with Crippen molar-refractivity contribution in [2.75, 3.05) is 0 Å². The largest absolute Gasteiger partial charge is 0.288 e. The lowest BCUT2D eigenvalue weighted by atomic mass is 9.88. The molecule has 5 heteroatoms. The molecule has 0 saturated heterocycles. The van der Waals surface area contributed by atoms with Crippen LogP contribution in [0, 0.1) is 0 Å². The van der Waals surface area contributed by atoms with Crippen molar-refractivity contribution in [2.45, 2.75) is 52.4 Å². The van der Waals surface area contributed by atoms with Crippen LogP contribution in [-0.2, 0) is 13.1 Å². The summed E-state index contributed by atoms with van der Waals surface area (Å²) in [6.07, 6.45) is 2.16. The smallest absolute Gasteiger partial charge is 0.0781 e. The Morgan fingerprint density at radius 2 is 0.942 bits per heavy atom. The van der Waals surface area contributed by atoms with E-state index in [4.69, 9.17) is 5.10 Å². The Hall–Kier alpha value is -4.61. The molecule has 0 fully saturated rings. The maximum atomic E-state index is 5.50. The van der Waals surface area contributed by atoms with Crippen LogP contribution in [0.15, 0.2) is 151 Å². The van der Waals surface area contributed by atoms with E-state index in [0.29, 0.717) is 0 Å². The Labute approximate surface area is 312 Å². The van der Waals surface area contributed by atoms with Gasteiger partial charge in [-0.1, -0.05) is 195 Å². The maximum absolute atomic E-state index is 5.50. The Morgan fingerprint density at radius 1 is 0.519 bits per heavy atom. The van der Waals surface area contributed by atoms with E-state index >= 15 is 0 Å². The second kappa shape index (κ2) is 13.7. The molecule has 0 N–H and O–H groups in total. The fourth-order valence-corrected chi connectivity index (χ4v) is 13.9. The van der Waals surface area contributed by atoms with E-state index in [1.54, 1.807) is 0 Å². The van der Waals surface area contributed by atoms with Gasteiger partial charge in [0.2, 0.25) is 0 Å². The fourth-order valence-electron chi connectivity index (χ4n) is 8.05. The lowest BCUT2D eigenvalue weighted by Gasteiger charge is -2.27. The molecule has 8 rings (SSSR count). The molecule has 0 saturated carbocycles. The molecule has 7 aromatic rings. The van der Waals surface area contributed by atoms with Gasteiger partial charge in [0.1, 0.15) is 0 Å². The van der Waals surface area contributed by atoms with Gasteiger partial charge in [-0.05, 0) is 67.6 Å². The van der Waals surface area contributed by atoms with Crippen LogP contribution in [0.4, 0.5) is 0 Å². The van der Waals surface area contributed by atoms with Crippen LogP contribution in [0.3, 0.4) is 0 Å². The van der Waals surface area contributed by atoms with Crippen LogP contribution >= 0.6 is 7.92 Å². The zero-order chi connectivity index (χ0) is 36.0. The van der Waals surface area contributed by atoms with E-state index in [1.807, 2.05) is 0 Å². The second-order valence-electron chi connectivity index (χ2n) is 16.1. The van der Waals surface area contributed by atoms with Crippen molar-refractivity contribution in [2.24, 2.45) is 5.10 Å². The van der Waals surface area contributed by atoms with Gasteiger partial charge in [0.15, 0.2) is 0 Å². The summed E-state index contributed by atoms with van der Waals surface area (Å²) in [4.78, 5) is 0. The van der Waals surface area contributed by atoms with Gasteiger partial charge in [-0.3, -0.25) is 5.01 Å². The van der Waals surface area contributed by atoms with Crippen LogP contribution in [0.5, 0.6) is 0 Å². The van der Waals surface area contributed by atoms with Gasteiger partial charge in [0.25, 0.3) is 0 Å². The van der Waals surface area contributed by atoms with Crippen molar-refractivity contribution in [1.82, 2.24) is 5.01 Å². The highest BCUT2D eigenvalue weighted by atomic mass is 31.1. The molecular formula is C47H47N2PSi2. The molecular weight excluding hydrogens is 680 g/mol. The molecule has 0 amide bonds. The summed E-state index contributed by atoms with van der Waals surface area (Å²) in [6.45, 7) is 16.5. The van der Waals surface area contributed by atoms with Crippen molar-refractivity contribution in [3.8, 4) is 11.1 Å². The first-order valence-electron chi connectivity index (χ1n) is 18.5. The Morgan fingerprint density at radius 3 is 1.42 bits per heavy atom. The van der Waals surface area contributed by atoms with Gasteiger partial charge in [-0.2, -0.15) is 5.10 Å². The van der Waals surface area contributed by atoms with Crippen molar-refractivity contribution in [3.05, 3.63) is 162 Å². The molecule has 1 aliphatic rings. The zero-order valence-corrected chi connectivity index (χ0v) is 34.1. The van der Waals surface area contributed by atoms with Crippen LogP contribution in [0.2, 0.25) is 39.3 Å². The van der Waals surface area contributed by atoms with Gasteiger partial charge >= 0.3 is 0 Å². The first-order valence-corrected chi connectivity index (χ1v) is 26.8. The normalized spacial score (nSPS) is 13.5. The number of hydrazone groups is 1. The summed E-state index contributed by atoms with van der Waals surface area (Å²) in [7, 11) is -4.31. The van der Waals surface area contributed by atoms with E-state index in [0.717, 1.165) is 13.1 Å². The minimum atomic E-state index is -1.77. The summed E-state index contributed by atoms with van der Waals surface area (Å²) in [5.74, 6) is 0. The molecule has 0 aliphatic carbocycles. The first-order chi connectivity index (χ1) is 25.1. The molecule has 0 atom stereocenters.